The van der Waals surface area contributed by atoms with Crippen LogP contribution in [0.2, 0.25) is 0 Å². The van der Waals surface area contributed by atoms with Crippen LogP contribution in [0.1, 0.15) is 16.7 Å². The van der Waals surface area contributed by atoms with Crippen LogP contribution in [0.15, 0.2) is 41.7 Å². The summed E-state index contributed by atoms with van der Waals surface area (Å²) in [5.74, 6) is 0.452. The van der Waals surface area contributed by atoms with Crippen LogP contribution in [0, 0.1) is 5.82 Å². The monoisotopic (exact) mass is 446 g/mol. The molecule has 1 aromatic heterocycles. The molecule has 1 aromatic carbocycles. The second-order valence-corrected chi connectivity index (χ2v) is 5.32. The average Bonchev–Trinajstić information content (AvgIpc) is 2.96. The number of aryl methyl sites for hydroxylation is 1. The van der Waals surface area contributed by atoms with Crippen molar-refractivity contribution in [2.24, 2.45) is 12.0 Å². The van der Waals surface area contributed by atoms with Gasteiger partial charge in [-0.1, -0.05) is 6.07 Å². The lowest BCUT2D eigenvalue weighted by Gasteiger charge is -2.12. The number of nitrogens with one attached hydrogen (secondary N) is 2. The molecule has 0 aliphatic heterocycles. The number of benzene rings is 1. The van der Waals surface area contributed by atoms with Crippen LogP contribution in [0.4, 0.5) is 4.39 Å². The lowest BCUT2D eigenvalue weighted by Crippen LogP contribution is -2.36. The quantitative estimate of drug-likeness (QED) is 0.408. The summed E-state index contributed by atoms with van der Waals surface area (Å²) in [5.41, 5.74) is 2.71. The number of aromatic nitrogens is 1. The first-order chi connectivity index (χ1) is 11.1. The number of ether oxygens (including phenoxy) is 1. The second-order valence-electron chi connectivity index (χ2n) is 5.32. The minimum Gasteiger partial charge on any atom is -0.380 e. The van der Waals surface area contributed by atoms with Gasteiger partial charge < -0.3 is 19.9 Å². The molecule has 2 N–H and O–H groups in total. The van der Waals surface area contributed by atoms with Gasteiger partial charge in [-0.15, -0.1) is 24.0 Å². The topological polar surface area (TPSA) is 50.6 Å². The fourth-order valence-electron chi connectivity index (χ4n) is 2.26. The van der Waals surface area contributed by atoms with Crippen LogP contribution in [0.5, 0.6) is 0 Å². The molecule has 0 aliphatic rings. The van der Waals surface area contributed by atoms with Gasteiger partial charge in [-0.25, -0.2) is 4.39 Å². The summed E-state index contributed by atoms with van der Waals surface area (Å²) in [4.78, 5) is 4.19. The van der Waals surface area contributed by atoms with Gasteiger partial charge in [0.1, 0.15) is 5.82 Å². The Morgan fingerprint density at radius 2 is 1.92 bits per heavy atom. The van der Waals surface area contributed by atoms with E-state index in [1.807, 2.05) is 17.8 Å². The van der Waals surface area contributed by atoms with Gasteiger partial charge in [0, 0.05) is 52.3 Å². The SMILES string of the molecule is CN=C(NCc1ccc(F)c(COC)c1)NCc1ccn(C)c1.I. The highest BCUT2D eigenvalue weighted by molar-refractivity contribution is 14.0. The third-order valence-corrected chi connectivity index (χ3v) is 3.45. The fraction of sp³-hybridized carbons (Fsp3) is 0.353. The van der Waals surface area contributed by atoms with Gasteiger partial charge in [0.05, 0.1) is 6.61 Å². The van der Waals surface area contributed by atoms with Gasteiger partial charge >= 0.3 is 0 Å². The molecule has 0 unspecified atom stereocenters. The Labute approximate surface area is 159 Å². The first-order valence-electron chi connectivity index (χ1n) is 7.44. The maximum Gasteiger partial charge on any atom is 0.191 e. The molecule has 132 valence electrons. The van der Waals surface area contributed by atoms with Crippen LogP contribution in [0.25, 0.3) is 0 Å². The van der Waals surface area contributed by atoms with Gasteiger partial charge in [0.15, 0.2) is 5.96 Å². The fourth-order valence-corrected chi connectivity index (χ4v) is 2.26. The van der Waals surface area contributed by atoms with E-state index in [9.17, 15) is 4.39 Å². The van der Waals surface area contributed by atoms with Crippen molar-refractivity contribution < 1.29 is 9.13 Å². The van der Waals surface area contributed by atoms with E-state index in [2.05, 4.69) is 27.9 Å². The molecule has 0 fully saturated rings. The molecule has 0 atom stereocenters. The molecule has 0 amide bonds. The molecule has 2 rings (SSSR count). The molecule has 5 nitrogen and oxygen atoms in total. The van der Waals surface area contributed by atoms with Crippen LogP contribution in [0.3, 0.4) is 0 Å². The van der Waals surface area contributed by atoms with E-state index in [4.69, 9.17) is 4.74 Å². The highest BCUT2D eigenvalue weighted by Crippen LogP contribution is 2.11. The van der Waals surface area contributed by atoms with Crippen molar-refractivity contribution in [1.82, 2.24) is 15.2 Å². The summed E-state index contributed by atoms with van der Waals surface area (Å²) < 4.78 is 20.6. The molecule has 0 aliphatic carbocycles. The standard InChI is InChI=1S/C17H23FN4O.HI/c1-19-17(21-10-14-6-7-22(2)11-14)20-9-13-4-5-16(18)15(8-13)12-23-3;/h4-8,11H,9-10,12H2,1-3H3,(H2,19,20,21);1H. The maximum atomic E-state index is 13.6. The van der Waals surface area contributed by atoms with Crippen molar-refractivity contribution in [2.45, 2.75) is 19.7 Å². The molecule has 7 heteroatoms. The van der Waals surface area contributed by atoms with E-state index in [0.29, 0.717) is 24.6 Å². The Hall–Kier alpha value is -1.61. The third kappa shape index (κ3) is 6.12. The zero-order chi connectivity index (χ0) is 16.7. The number of guanidine groups is 1. The Balaban J connectivity index is 0.00000288. The molecule has 1 heterocycles. The smallest absolute Gasteiger partial charge is 0.191 e. The molecule has 24 heavy (non-hydrogen) atoms. The van der Waals surface area contributed by atoms with Crippen molar-refractivity contribution >= 4 is 29.9 Å². The summed E-state index contributed by atoms with van der Waals surface area (Å²) >= 11 is 0. The highest BCUT2D eigenvalue weighted by Gasteiger charge is 2.05. The second kappa shape index (κ2) is 10.3. The molecule has 2 aromatic rings. The van der Waals surface area contributed by atoms with Gasteiger partial charge in [0.25, 0.3) is 0 Å². The largest absolute Gasteiger partial charge is 0.380 e. The number of nitrogens with zero attached hydrogens (tertiary/aromatic N) is 2. The number of hydrogen-bond donors (Lipinski definition) is 2. The van der Waals surface area contributed by atoms with Crippen molar-refractivity contribution in [3.63, 3.8) is 0 Å². The zero-order valence-electron chi connectivity index (χ0n) is 14.2. The number of aliphatic imine (C=N–C) groups is 1. The van der Waals surface area contributed by atoms with Crippen molar-refractivity contribution in [3.05, 3.63) is 59.2 Å². The lowest BCUT2D eigenvalue weighted by atomic mass is 10.1. The summed E-state index contributed by atoms with van der Waals surface area (Å²) in [6, 6.07) is 7.07. The van der Waals surface area contributed by atoms with E-state index >= 15 is 0 Å². The summed E-state index contributed by atoms with van der Waals surface area (Å²) in [5, 5.41) is 6.47. The molecule has 0 saturated carbocycles. The van der Waals surface area contributed by atoms with Crippen molar-refractivity contribution in [3.8, 4) is 0 Å². The summed E-state index contributed by atoms with van der Waals surface area (Å²) in [7, 11) is 5.27. The van der Waals surface area contributed by atoms with E-state index in [1.54, 1.807) is 26.3 Å². The Bertz CT molecular complexity index is 672. The van der Waals surface area contributed by atoms with Gasteiger partial charge in [-0.2, -0.15) is 0 Å². The van der Waals surface area contributed by atoms with Crippen LogP contribution in [-0.2, 0) is 31.5 Å². The van der Waals surface area contributed by atoms with Gasteiger partial charge in [-0.3, -0.25) is 4.99 Å². The van der Waals surface area contributed by atoms with Crippen LogP contribution < -0.4 is 10.6 Å². The summed E-state index contributed by atoms with van der Waals surface area (Å²) in [6.45, 7) is 1.52. The van der Waals surface area contributed by atoms with E-state index in [-0.39, 0.29) is 36.4 Å². The first kappa shape index (κ1) is 20.4. The third-order valence-electron chi connectivity index (χ3n) is 3.45. The predicted octanol–water partition coefficient (Wildman–Crippen LogP) is 2.79. The van der Waals surface area contributed by atoms with Gasteiger partial charge in [-0.05, 0) is 29.3 Å². The molecule has 0 spiro atoms. The number of hydrogen-bond acceptors (Lipinski definition) is 2. The lowest BCUT2D eigenvalue weighted by molar-refractivity contribution is 0.181. The number of halogens is 2. The molecule has 0 radical (unpaired) electrons. The number of methoxy groups -OCH3 is 1. The minimum atomic E-state index is -0.248. The molecule has 0 saturated heterocycles. The first-order valence-corrected chi connectivity index (χ1v) is 7.44. The highest BCUT2D eigenvalue weighted by atomic mass is 127. The Morgan fingerprint density at radius 3 is 2.50 bits per heavy atom. The van der Waals surface area contributed by atoms with E-state index < -0.39 is 0 Å². The predicted molar refractivity (Wildman–Crippen MR) is 105 cm³/mol. The average molecular weight is 446 g/mol. The molecule has 0 bridgehead atoms. The van der Waals surface area contributed by atoms with Crippen LogP contribution in [-0.4, -0.2) is 24.7 Å². The summed E-state index contributed by atoms with van der Waals surface area (Å²) in [6.07, 6.45) is 4.06. The molecular formula is C17H24FIN4O. The van der Waals surface area contributed by atoms with Gasteiger partial charge in [0.2, 0.25) is 0 Å². The number of rotatable bonds is 6. The van der Waals surface area contributed by atoms with Crippen molar-refractivity contribution in [2.75, 3.05) is 14.2 Å². The minimum absolute atomic E-state index is 0. The Morgan fingerprint density at radius 1 is 1.21 bits per heavy atom. The van der Waals surface area contributed by atoms with Crippen molar-refractivity contribution in [1.29, 1.82) is 0 Å². The van der Waals surface area contributed by atoms with E-state index in [1.165, 1.54) is 11.6 Å². The molecular weight excluding hydrogens is 422 g/mol. The normalized spacial score (nSPS) is 11.1. The maximum absolute atomic E-state index is 13.6. The zero-order valence-corrected chi connectivity index (χ0v) is 16.5. The van der Waals surface area contributed by atoms with Crippen LogP contribution >= 0.6 is 24.0 Å². The van der Waals surface area contributed by atoms with E-state index in [0.717, 1.165) is 5.56 Å². The Kier molecular flexibility index (Phi) is 8.77.